The number of benzene rings is 3. The summed E-state index contributed by atoms with van der Waals surface area (Å²) in [4.78, 5) is 0. The minimum atomic E-state index is -4.83. The van der Waals surface area contributed by atoms with Gasteiger partial charge < -0.3 is 17.2 Å². The van der Waals surface area contributed by atoms with E-state index in [1.807, 2.05) is 0 Å². The molecule has 0 bridgehead atoms. The first kappa shape index (κ1) is 45.3. The van der Waals surface area contributed by atoms with Gasteiger partial charge in [0.1, 0.15) is 0 Å². The first-order valence-electron chi connectivity index (χ1n) is 13.7. The van der Waals surface area contributed by atoms with Crippen molar-refractivity contribution >= 4 is 0 Å². The Morgan fingerprint density at radius 2 is 0.412 bits per heavy atom. The minimum Gasteiger partial charge on any atom is -0.324 e. The average molecular weight is 772 g/mol. The lowest BCUT2D eigenvalue weighted by atomic mass is 10.0. The molecule has 0 aliphatic carbocycles. The van der Waals surface area contributed by atoms with E-state index in [0.29, 0.717) is 36.4 Å². The van der Waals surface area contributed by atoms with Crippen molar-refractivity contribution in [3.8, 4) is 0 Å². The Bertz CT molecular complexity index is 1300. The molecule has 3 nitrogen and oxygen atoms in total. The van der Waals surface area contributed by atoms with Crippen molar-refractivity contribution in [1.29, 1.82) is 0 Å². The normalized spacial score (nSPS) is 14.8. The highest BCUT2D eigenvalue weighted by atomic mass is 19.4. The zero-order valence-corrected chi connectivity index (χ0v) is 26.0. The van der Waals surface area contributed by atoms with Crippen LogP contribution in [0.3, 0.4) is 0 Å². The van der Waals surface area contributed by atoms with Crippen LogP contribution in [0.2, 0.25) is 0 Å². The summed E-state index contributed by atoms with van der Waals surface area (Å²) < 4.78 is 223. The monoisotopic (exact) mass is 771 g/mol. The SMILES string of the molecule is C[C@H](N)c1cc(C(F)(F)F)cc(C(F)(F)F)c1.C[C@H](N)c1cc(C(F)(F)F)cc(C(F)(F)F)c1.C[C@H](N)c1cc(C(F)(F)F)cc(C(F)(F)F)c1. The van der Waals surface area contributed by atoms with Gasteiger partial charge in [-0.15, -0.1) is 0 Å². The van der Waals surface area contributed by atoms with Crippen LogP contribution in [-0.2, 0) is 37.1 Å². The number of nitrogens with two attached hydrogens (primary N) is 3. The average Bonchev–Trinajstić information content (AvgIpc) is 2.94. The third kappa shape index (κ3) is 14.1. The second kappa shape index (κ2) is 15.9. The Kier molecular flexibility index (Phi) is 14.1. The van der Waals surface area contributed by atoms with Crippen molar-refractivity contribution in [3.63, 3.8) is 0 Å². The molecule has 3 rings (SSSR count). The van der Waals surface area contributed by atoms with Gasteiger partial charge in [-0.1, -0.05) is 0 Å². The summed E-state index contributed by atoms with van der Waals surface area (Å²) >= 11 is 0. The Hall–Kier alpha value is -3.72. The maximum absolute atomic E-state index is 12.4. The number of rotatable bonds is 3. The topological polar surface area (TPSA) is 78.1 Å². The molecule has 0 fully saturated rings. The standard InChI is InChI=1S/3C10H9F6N/c3*1-5(17)6-2-7(9(11,12)13)4-8(3-6)10(14,15)16/h3*2-5H,17H2,1H3/t3*5-/m000/s1. The van der Waals surface area contributed by atoms with E-state index in [9.17, 15) is 79.0 Å². The largest absolute Gasteiger partial charge is 0.416 e. The summed E-state index contributed by atoms with van der Waals surface area (Å²) in [5.74, 6) is 0. The van der Waals surface area contributed by atoms with E-state index >= 15 is 0 Å². The third-order valence-corrected chi connectivity index (χ3v) is 6.41. The quantitative estimate of drug-likeness (QED) is 0.232. The fraction of sp³-hybridized carbons (Fsp3) is 0.400. The molecule has 0 saturated heterocycles. The van der Waals surface area contributed by atoms with Crippen LogP contribution in [0.1, 0.15) is 89.0 Å². The van der Waals surface area contributed by atoms with Crippen molar-refractivity contribution in [2.45, 2.75) is 76.0 Å². The summed E-state index contributed by atoms with van der Waals surface area (Å²) in [6, 6.07) is 1.26. The van der Waals surface area contributed by atoms with Gasteiger partial charge in [-0.3, -0.25) is 0 Å². The van der Waals surface area contributed by atoms with Crippen LogP contribution in [0.25, 0.3) is 0 Å². The summed E-state index contributed by atoms with van der Waals surface area (Å²) in [5, 5.41) is 0. The van der Waals surface area contributed by atoms with Crippen LogP contribution in [-0.4, -0.2) is 0 Å². The van der Waals surface area contributed by atoms with Crippen LogP contribution >= 0.6 is 0 Å². The van der Waals surface area contributed by atoms with Gasteiger partial charge in [-0.2, -0.15) is 79.0 Å². The van der Waals surface area contributed by atoms with Crippen molar-refractivity contribution in [1.82, 2.24) is 0 Å². The highest BCUT2D eigenvalue weighted by molar-refractivity contribution is 5.37. The molecule has 0 radical (unpaired) electrons. The fourth-order valence-electron chi connectivity index (χ4n) is 3.73. The van der Waals surface area contributed by atoms with E-state index in [2.05, 4.69) is 0 Å². The molecular formula is C30H27F18N3. The van der Waals surface area contributed by atoms with Gasteiger partial charge in [0.05, 0.1) is 33.4 Å². The lowest BCUT2D eigenvalue weighted by Gasteiger charge is -2.15. The molecule has 0 unspecified atom stereocenters. The summed E-state index contributed by atoms with van der Waals surface area (Å²) in [6.07, 6.45) is -29.0. The van der Waals surface area contributed by atoms with Crippen LogP contribution in [0.15, 0.2) is 54.6 Å². The third-order valence-electron chi connectivity index (χ3n) is 6.41. The molecular weight excluding hydrogens is 744 g/mol. The van der Waals surface area contributed by atoms with Crippen LogP contribution in [0.5, 0.6) is 0 Å². The molecule has 0 amide bonds. The highest BCUT2D eigenvalue weighted by Gasteiger charge is 2.39. The Labute approximate surface area is 277 Å². The predicted molar refractivity (Wildman–Crippen MR) is 147 cm³/mol. The predicted octanol–water partition coefficient (Wildman–Crippen LogP) is 11.2. The van der Waals surface area contributed by atoms with Gasteiger partial charge in [0.25, 0.3) is 0 Å². The minimum absolute atomic E-state index is 0.0753. The van der Waals surface area contributed by atoms with Gasteiger partial charge in [0.2, 0.25) is 0 Å². The van der Waals surface area contributed by atoms with E-state index in [1.165, 1.54) is 20.8 Å². The highest BCUT2D eigenvalue weighted by Crippen LogP contribution is 2.39. The molecule has 3 aromatic carbocycles. The summed E-state index contributed by atoms with van der Waals surface area (Å²) in [5.41, 5.74) is 7.22. The Morgan fingerprint density at radius 1 is 0.294 bits per heavy atom. The van der Waals surface area contributed by atoms with Gasteiger partial charge in [0.15, 0.2) is 0 Å². The van der Waals surface area contributed by atoms with Gasteiger partial charge >= 0.3 is 37.1 Å². The van der Waals surface area contributed by atoms with Crippen molar-refractivity contribution < 1.29 is 79.0 Å². The Balaban J connectivity index is 0.000000382. The van der Waals surface area contributed by atoms with Crippen LogP contribution in [0, 0.1) is 0 Å². The molecule has 21 heteroatoms. The number of hydrogen-bond acceptors (Lipinski definition) is 3. The molecule has 0 aromatic heterocycles. The van der Waals surface area contributed by atoms with E-state index < -0.39 is 88.6 Å². The molecule has 0 heterocycles. The van der Waals surface area contributed by atoms with Crippen molar-refractivity contribution in [2.75, 3.05) is 0 Å². The molecule has 3 atom stereocenters. The van der Waals surface area contributed by atoms with E-state index in [0.717, 1.165) is 0 Å². The first-order chi connectivity index (χ1) is 22.5. The maximum Gasteiger partial charge on any atom is 0.416 e. The fourth-order valence-corrected chi connectivity index (χ4v) is 3.73. The number of halogens is 18. The molecule has 3 aromatic rings. The molecule has 288 valence electrons. The molecule has 0 aliphatic rings. The molecule has 6 N–H and O–H groups in total. The lowest BCUT2D eigenvalue weighted by molar-refractivity contribution is -0.144. The van der Waals surface area contributed by atoms with Crippen LogP contribution < -0.4 is 17.2 Å². The van der Waals surface area contributed by atoms with Crippen LogP contribution in [0.4, 0.5) is 79.0 Å². The van der Waals surface area contributed by atoms with Crippen molar-refractivity contribution in [3.05, 3.63) is 105 Å². The summed E-state index contributed by atoms with van der Waals surface area (Å²) in [7, 11) is 0. The number of alkyl halides is 18. The molecule has 0 aliphatic heterocycles. The molecule has 0 saturated carbocycles. The van der Waals surface area contributed by atoms with E-state index in [-0.39, 0.29) is 34.9 Å². The second-order valence-corrected chi connectivity index (χ2v) is 10.9. The van der Waals surface area contributed by atoms with Gasteiger partial charge in [-0.25, -0.2) is 0 Å². The zero-order valence-electron chi connectivity index (χ0n) is 26.0. The first-order valence-corrected chi connectivity index (χ1v) is 13.7. The van der Waals surface area contributed by atoms with Crippen molar-refractivity contribution in [2.24, 2.45) is 17.2 Å². The van der Waals surface area contributed by atoms with E-state index in [1.54, 1.807) is 0 Å². The lowest BCUT2D eigenvalue weighted by Crippen LogP contribution is -2.14. The second-order valence-electron chi connectivity index (χ2n) is 10.9. The van der Waals surface area contributed by atoms with Gasteiger partial charge in [-0.05, 0) is 92.1 Å². The molecule has 51 heavy (non-hydrogen) atoms. The van der Waals surface area contributed by atoms with E-state index in [4.69, 9.17) is 17.2 Å². The summed E-state index contributed by atoms with van der Waals surface area (Å²) in [6.45, 7) is 3.95. The van der Waals surface area contributed by atoms with Gasteiger partial charge in [0, 0.05) is 18.1 Å². The zero-order chi connectivity index (χ0) is 40.3. The smallest absolute Gasteiger partial charge is 0.324 e. The molecule has 0 spiro atoms. The number of hydrogen-bond donors (Lipinski definition) is 3. The Morgan fingerprint density at radius 3 is 0.490 bits per heavy atom. The maximum atomic E-state index is 12.4.